The Morgan fingerprint density at radius 1 is 1.50 bits per heavy atom. The van der Waals surface area contributed by atoms with Crippen LogP contribution in [0.1, 0.15) is 19.4 Å². The average Bonchev–Trinajstić information content (AvgIpc) is 2.26. The summed E-state index contributed by atoms with van der Waals surface area (Å²) in [5, 5.41) is 0. The highest BCUT2D eigenvalue weighted by molar-refractivity contribution is 6.25. The van der Waals surface area contributed by atoms with Crippen molar-refractivity contribution in [2.45, 2.75) is 26.3 Å². The third-order valence-corrected chi connectivity index (χ3v) is 2.53. The topological polar surface area (TPSA) is 35.2 Å². The lowest BCUT2D eigenvalue weighted by Gasteiger charge is -2.12. The first-order valence-corrected chi connectivity index (χ1v) is 5.79. The largest absolute Gasteiger partial charge is 0.489 e. The van der Waals surface area contributed by atoms with E-state index < -0.39 is 0 Å². The third kappa shape index (κ3) is 4.25. The molecular weight excluding hydrogens is 222 g/mol. The van der Waals surface area contributed by atoms with E-state index in [2.05, 4.69) is 0 Å². The quantitative estimate of drug-likeness (QED) is 0.857. The summed E-state index contributed by atoms with van der Waals surface area (Å²) in [6.45, 7) is 4.43. The fraction of sp³-hybridized carbons (Fsp3) is 0.385. The minimum Gasteiger partial charge on any atom is -0.489 e. The Labute approximate surface area is 102 Å². The predicted molar refractivity (Wildman–Crippen MR) is 68.9 cm³/mol. The van der Waals surface area contributed by atoms with E-state index in [0.29, 0.717) is 6.61 Å². The number of para-hydroxylation sites is 1. The lowest BCUT2D eigenvalue weighted by molar-refractivity contribution is 0.348. The summed E-state index contributed by atoms with van der Waals surface area (Å²) < 4.78 is 5.68. The summed E-state index contributed by atoms with van der Waals surface area (Å²) in [6, 6.07) is 8.08. The number of nitrogens with two attached hydrogens (primary N) is 1. The van der Waals surface area contributed by atoms with Crippen LogP contribution < -0.4 is 10.5 Å². The van der Waals surface area contributed by atoms with Gasteiger partial charge in [-0.2, -0.15) is 0 Å². The number of halogens is 1. The second kappa shape index (κ2) is 6.56. The standard InChI is InChI=1S/C13H18ClNO/c1-10(8-14)9-16-13-6-4-3-5-12(13)7-11(2)15/h3-6,8,11H,7,9,15H2,1-2H3/b10-8+. The summed E-state index contributed by atoms with van der Waals surface area (Å²) in [5.41, 5.74) is 9.46. The van der Waals surface area contributed by atoms with E-state index in [0.717, 1.165) is 23.3 Å². The van der Waals surface area contributed by atoms with E-state index in [-0.39, 0.29) is 6.04 Å². The van der Waals surface area contributed by atoms with Crippen LogP contribution in [0.15, 0.2) is 35.4 Å². The van der Waals surface area contributed by atoms with Gasteiger partial charge < -0.3 is 10.5 Å². The zero-order valence-electron chi connectivity index (χ0n) is 9.74. The summed E-state index contributed by atoms with van der Waals surface area (Å²) in [4.78, 5) is 0. The molecule has 1 unspecified atom stereocenters. The number of benzene rings is 1. The van der Waals surface area contributed by atoms with Gasteiger partial charge in [0.1, 0.15) is 12.4 Å². The monoisotopic (exact) mass is 239 g/mol. The van der Waals surface area contributed by atoms with Crippen molar-refractivity contribution in [3.8, 4) is 5.75 Å². The summed E-state index contributed by atoms with van der Waals surface area (Å²) in [7, 11) is 0. The molecule has 0 fully saturated rings. The smallest absolute Gasteiger partial charge is 0.123 e. The number of hydrogen-bond acceptors (Lipinski definition) is 2. The molecule has 0 saturated heterocycles. The van der Waals surface area contributed by atoms with Gasteiger partial charge in [-0.1, -0.05) is 29.8 Å². The molecular formula is C13H18ClNO. The first-order chi connectivity index (χ1) is 7.63. The van der Waals surface area contributed by atoms with E-state index in [9.17, 15) is 0 Å². The Morgan fingerprint density at radius 2 is 2.19 bits per heavy atom. The Bertz CT molecular complexity index is 361. The van der Waals surface area contributed by atoms with Crippen molar-refractivity contribution in [2.24, 2.45) is 5.73 Å². The van der Waals surface area contributed by atoms with Crippen LogP contribution in [-0.2, 0) is 6.42 Å². The maximum atomic E-state index is 5.79. The average molecular weight is 240 g/mol. The lowest BCUT2D eigenvalue weighted by atomic mass is 10.1. The van der Waals surface area contributed by atoms with E-state index >= 15 is 0 Å². The van der Waals surface area contributed by atoms with Crippen LogP contribution >= 0.6 is 11.6 Å². The molecule has 1 rings (SSSR count). The second-order valence-corrected chi connectivity index (χ2v) is 4.25. The number of rotatable bonds is 5. The highest BCUT2D eigenvalue weighted by Gasteiger charge is 2.05. The Balaban J connectivity index is 2.71. The normalized spacial score (nSPS) is 13.6. The van der Waals surface area contributed by atoms with Gasteiger partial charge in [-0.05, 0) is 37.5 Å². The molecule has 0 bridgehead atoms. The van der Waals surface area contributed by atoms with Gasteiger partial charge in [-0.3, -0.25) is 0 Å². The van der Waals surface area contributed by atoms with Gasteiger partial charge in [0.25, 0.3) is 0 Å². The zero-order chi connectivity index (χ0) is 12.0. The summed E-state index contributed by atoms with van der Waals surface area (Å²) in [6.07, 6.45) is 0.819. The van der Waals surface area contributed by atoms with Gasteiger partial charge in [0.2, 0.25) is 0 Å². The Morgan fingerprint density at radius 3 is 2.81 bits per heavy atom. The van der Waals surface area contributed by atoms with Gasteiger partial charge in [0.15, 0.2) is 0 Å². The van der Waals surface area contributed by atoms with Crippen molar-refractivity contribution in [1.82, 2.24) is 0 Å². The molecule has 16 heavy (non-hydrogen) atoms. The van der Waals surface area contributed by atoms with Crippen molar-refractivity contribution < 1.29 is 4.74 Å². The van der Waals surface area contributed by atoms with Gasteiger partial charge in [-0.15, -0.1) is 0 Å². The van der Waals surface area contributed by atoms with Crippen LogP contribution in [0.3, 0.4) is 0 Å². The van der Waals surface area contributed by atoms with Gasteiger partial charge >= 0.3 is 0 Å². The first kappa shape index (κ1) is 13.1. The molecule has 3 heteroatoms. The molecule has 1 aromatic rings. The third-order valence-electron chi connectivity index (χ3n) is 2.16. The van der Waals surface area contributed by atoms with Gasteiger partial charge in [-0.25, -0.2) is 0 Å². The Kier molecular flexibility index (Phi) is 5.36. The van der Waals surface area contributed by atoms with Gasteiger partial charge in [0, 0.05) is 11.6 Å². The van der Waals surface area contributed by atoms with E-state index in [1.54, 1.807) is 0 Å². The molecule has 2 N–H and O–H groups in total. The molecule has 0 aliphatic heterocycles. The molecule has 0 aliphatic rings. The van der Waals surface area contributed by atoms with Crippen LogP contribution in [0.25, 0.3) is 0 Å². The fourth-order valence-electron chi connectivity index (χ4n) is 1.38. The van der Waals surface area contributed by atoms with Crippen molar-refractivity contribution >= 4 is 11.6 Å². The van der Waals surface area contributed by atoms with Crippen LogP contribution in [0.5, 0.6) is 5.75 Å². The number of hydrogen-bond donors (Lipinski definition) is 1. The SMILES string of the molecule is C/C(=C\Cl)COc1ccccc1CC(C)N. The van der Waals surface area contributed by atoms with Crippen molar-refractivity contribution in [3.63, 3.8) is 0 Å². The molecule has 0 spiro atoms. The molecule has 0 saturated carbocycles. The van der Waals surface area contributed by atoms with Gasteiger partial charge in [0.05, 0.1) is 0 Å². The van der Waals surface area contributed by atoms with Crippen molar-refractivity contribution in [1.29, 1.82) is 0 Å². The minimum absolute atomic E-state index is 0.134. The van der Waals surface area contributed by atoms with Crippen LogP contribution in [0.4, 0.5) is 0 Å². The van der Waals surface area contributed by atoms with E-state index in [4.69, 9.17) is 22.1 Å². The molecule has 0 radical (unpaired) electrons. The molecule has 88 valence electrons. The lowest BCUT2D eigenvalue weighted by Crippen LogP contribution is -2.18. The molecule has 0 aromatic heterocycles. The Hall–Kier alpha value is -0.990. The molecule has 0 amide bonds. The molecule has 1 atom stereocenters. The fourth-order valence-corrected chi connectivity index (χ4v) is 1.45. The predicted octanol–water partition coefficient (Wildman–Crippen LogP) is 3.10. The van der Waals surface area contributed by atoms with Crippen LogP contribution in [0, 0.1) is 0 Å². The maximum absolute atomic E-state index is 5.79. The molecule has 0 heterocycles. The second-order valence-electron chi connectivity index (χ2n) is 4.03. The highest BCUT2D eigenvalue weighted by Crippen LogP contribution is 2.19. The summed E-state index contributed by atoms with van der Waals surface area (Å²) >= 11 is 5.58. The zero-order valence-corrected chi connectivity index (χ0v) is 10.5. The van der Waals surface area contributed by atoms with Crippen LogP contribution in [-0.4, -0.2) is 12.6 Å². The molecule has 1 aromatic carbocycles. The first-order valence-electron chi connectivity index (χ1n) is 5.35. The highest BCUT2D eigenvalue weighted by atomic mass is 35.5. The summed E-state index contributed by atoms with van der Waals surface area (Å²) in [5.74, 6) is 0.887. The van der Waals surface area contributed by atoms with Crippen molar-refractivity contribution in [2.75, 3.05) is 6.61 Å². The number of ether oxygens (including phenoxy) is 1. The van der Waals surface area contributed by atoms with Crippen LogP contribution in [0.2, 0.25) is 0 Å². The minimum atomic E-state index is 0.134. The molecule has 0 aliphatic carbocycles. The van der Waals surface area contributed by atoms with E-state index in [1.165, 1.54) is 5.54 Å². The van der Waals surface area contributed by atoms with Crippen molar-refractivity contribution in [3.05, 3.63) is 40.9 Å². The van der Waals surface area contributed by atoms with E-state index in [1.807, 2.05) is 38.1 Å². The molecule has 2 nitrogen and oxygen atoms in total. The maximum Gasteiger partial charge on any atom is 0.123 e.